The predicted molar refractivity (Wildman–Crippen MR) is 50.3 cm³/mol. The number of rotatable bonds is 2. The molecular weight excluding hydrogens is 190 g/mol. The summed E-state index contributed by atoms with van der Waals surface area (Å²) in [4.78, 5) is 0. The summed E-state index contributed by atoms with van der Waals surface area (Å²) >= 11 is 5.55. The molecule has 1 rings (SSSR count). The molecule has 0 spiro atoms. The first-order valence-corrected chi connectivity index (χ1v) is 4.26. The Morgan fingerprint density at radius 3 is 2.46 bits per heavy atom. The van der Waals surface area contributed by atoms with Gasteiger partial charge in [0.1, 0.15) is 0 Å². The standard InChI is InChI=1S/C8H12ClN3O/c1-8(2,13)7(10)5-3-4-6(9)12-11-5/h3-4,7,13H,10H2,1-2H3. The Balaban J connectivity index is 2.90. The molecule has 4 nitrogen and oxygen atoms in total. The van der Waals surface area contributed by atoms with Gasteiger partial charge in [-0.2, -0.15) is 5.10 Å². The maximum absolute atomic E-state index is 9.58. The van der Waals surface area contributed by atoms with Crippen LogP contribution < -0.4 is 5.73 Å². The van der Waals surface area contributed by atoms with Crippen molar-refractivity contribution >= 4 is 11.6 Å². The van der Waals surface area contributed by atoms with Crippen LogP contribution in [0.4, 0.5) is 0 Å². The molecule has 0 amide bonds. The molecule has 0 saturated carbocycles. The van der Waals surface area contributed by atoms with Crippen LogP contribution in [0.15, 0.2) is 12.1 Å². The second kappa shape index (κ2) is 3.57. The number of nitrogens with two attached hydrogens (primary N) is 1. The van der Waals surface area contributed by atoms with E-state index >= 15 is 0 Å². The molecule has 0 aliphatic rings. The van der Waals surface area contributed by atoms with E-state index in [1.807, 2.05) is 0 Å². The topological polar surface area (TPSA) is 72.0 Å². The first-order chi connectivity index (χ1) is 5.91. The Kier molecular flexibility index (Phi) is 2.85. The number of hydrogen-bond donors (Lipinski definition) is 2. The van der Waals surface area contributed by atoms with Gasteiger partial charge in [-0.15, -0.1) is 5.10 Å². The number of hydrogen-bond acceptors (Lipinski definition) is 4. The smallest absolute Gasteiger partial charge is 0.151 e. The third kappa shape index (κ3) is 2.62. The second-order valence-electron chi connectivity index (χ2n) is 3.41. The van der Waals surface area contributed by atoms with Gasteiger partial charge in [-0.3, -0.25) is 0 Å². The molecule has 1 aromatic heterocycles. The fraction of sp³-hybridized carbons (Fsp3) is 0.500. The summed E-state index contributed by atoms with van der Waals surface area (Å²) < 4.78 is 0. The normalized spacial score (nSPS) is 14.2. The summed E-state index contributed by atoms with van der Waals surface area (Å²) in [5, 5.41) is 17.3. The zero-order valence-corrected chi connectivity index (χ0v) is 8.28. The van der Waals surface area contributed by atoms with Crippen LogP contribution in [0.25, 0.3) is 0 Å². The van der Waals surface area contributed by atoms with E-state index in [1.54, 1.807) is 26.0 Å². The van der Waals surface area contributed by atoms with Gasteiger partial charge in [0.05, 0.1) is 17.3 Å². The highest BCUT2D eigenvalue weighted by atomic mass is 35.5. The molecular formula is C8H12ClN3O. The van der Waals surface area contributed by atoms with Crippen LogP contribution in [0.2, 0.25) is 5.15 Å². The summed E-state index contributed by atoms with van der Waals surface area (Å²) in [6.45, 7) is 3.24. The summed E-state index contributed by atoms with van der Waals surface area (Å²) in [6, 6.07) is 2.69. The van der Waals surface area contributed by atoms with E-state index in [4.69, 9.17) is 17.3 Å². The van der Waals surface area contributed by atoms with E-state index in [-0.39, 0.29) is 0 Å². The van der Waals surface area contributed by atoms with Crippen LogP contribution in [-0.4, -0.2) is 20.9 Å². The Morgan fingerprint density at radius 2 is 2.08 bits per heavy atom. The van der Waals surface area contributed by atoms with E-state index in [9.17, 15) is 5.11 Å². The van der Waals surface area contributed by atoms with Crippen LogP contribution >= 0.6 is 11.6 Å². The minimum Gasteiger partial charge on any atom is -0.388 e. The fourth-order valence-corrected chi connectivity index (χ4v) is 0.955. The van der Waals surface area contributed by atoms with Crippen molar-refractivity contribution in [2.45, 2.75) is 25.5 Å². The SMILES string of the molecule is CC(C)(O)C(N)c1ccc(Cl)nn1. The average molecular weight is 202 g/mol. The molecule has 3 N–H and O–H groups in total. The summed E-state index contributed by atoms with van der Waals surface area (Å²) in [5.41, 5.74) is 5.24. The minimum atomic E-state index is -1.01. The molecule has 0 aromatic carbocycles. The molecule has 0 fully saturated rings. The zero-order chi connectivity index (χ0) is 10.1. The molecule has 1 atom stereocenters. The second-order valence-corrected chi connectivity index (χ2v) is 3.80. The van der Waals surface area contributed by atoms with Crippen molar-refractivity contribution in [3.05, 3.63) is 23.0 Å². The number of aromatic nitrogens is 2. The lowest BCUT2D eigenvalue weighted by molar-refractivity contribution is 0.0500. The Hall–Kier alpha value is -0.710. The largest absolute Gasteiger partial charge is 0.388 e. The lowest BCUT2D eigenvalue weighted by atomic mass is 9.97. The van der Waals surface area contributed by atoms with Gasteiger partial charge in [0, 0.05) is 0 Å². The van der Waals surface area contributed by atoms with Crippen LogP contribution in [0, 0.1) is 0 Å². The van der Waals surface area contributed by atoms with Gasteiger partial charge < -0.3 is 10.8 Å². The van der Waals surface area contributed by atoms with Crippen LogP contribution in [0.3, 0.4) is 0 Å². The monoisotopic (exact) mass is 201 g/mol. The van der Waals surface area contributed by atoms with E-state index < -0.39 is 11.6 Å². The highest BCUT2D eigenvalue weighted by Crippen LogP contribution is 2.20. The van der Waals surface area contributed by atoms with Crippen LogP contribution in [-0.2, 0) is 0 Å². The molecule has 5 heteroatoms. The van der Waals surface area contributed by atoms with E-state index in [0.29, 0.717) is 10.8 Å². The lowest BCUT2D eigenvalue weighted by Crippen LogP contribution is -2.35. The lowest BCUT2D eigenvalue weighted by Gasteiger charge is -2.24. The quantitative estimate of drug-likeness (QED) is 0.746. The fourth-order valence-electron chi connectivity index (χ4n) is 0.854. The number of halogens is 1. The van der Waals surface area contributed by atoms with Gasteiger partial charge in [-0.25, -0.2) is 0 Å². The molecule has 0 bridgehead atoms. The summed E-state index contributed by atoms with van der Waals surface area (Å²) in [7, 11) is 0. The molecule has 1 heterocycles. The van der Waals surface area contributed by atoms with E-state index in [2.05, 4.69) is 10.2 Å². The zero-order valence-electron chi connectivity index (χ0n) is 7.53. The molecule has 13 heavy (non-hydrogen) atoms. The number of nitrogens with zero attached hydrogens (tertiary/aromatic N) is 2. The summed E-state index contributed by atoms with van der Waals surface area (Å²) in [6.07, 6.45) is 0. The van der Waals surface area contributed by atoms with Crippen molar-refractivity contribution in [1.29, 1.82) is 0 Å². The Labute approximate surface area is 81.7 Å². The van der Waals surface area contributed by atoms with Crippen molar-refractivity contribution in [3.63, 3.8) is 0 Å². The molecule has 1 unspecified atom stereocenters. The van der Waals surface area contributed by atoms with Crippen molar-refractivity contribution in [2.75, 3.05) is 0 Å². The van der Waals surface area contributed by atoms with Gasteiger partial charge in [-0.05, 0) is 26.0 Å². The van der Waals surface area contributed by atoms with Crippen molar-refractivity contribution in [3.8, 4) is 0 Å². The van der Waals surface area contributed by atoms with Gasteiger partial charge in [-0.1, -0.05) is 11.6 Å². The van der Waals surface area contributed by atoms with Crippen LogP contribution in [0.5, 0.6) is 0 Å². The van der Waals surface area contributed by atoms with Crippen LogP contribution in [0.1, 0.15) is 25.6 Å². The molecule has 0 aliphatic carbocycles. The first kappa shape index (κ1) is 10.4. The third-order valence-corrected chi connectivity index (χ3v) is 1.93. The van der Waals surface area contributed by atoms with Crippen molar-refractivity contribution in [2.24, 2.45) is 5.73 Å². The summed E-state index contributed by atoms with van der Waals surface area (Å²) in [5.74, 6) is 0. The maximum atomic E-state index is 9.58. The molecule has 0 aliphatic heterocycles. The van der Waals surface area contributed by atoms with Crippen molar-refractivity contribution in [1.82, 2.24) is 10.2 Å². The minimum absolute atomic E-state index is 0.312. The Bertz CT molecular complexity index is 280. The number of aliphatic hydroxyl groups is 1. The predicted octanol–water partition coefficient (Wildman–Crippen LogP) is 0.901. The molecule has 0 radical (unpaired) electrons. The maximum Gasteiger partial charge on any atom is 0.151 e. The average Bonchev–Trinajstić information content (AvgIpc) is 2.03. The van der Waals surface area contributed by atoms with Gasteiger partial charge >= 0.3 is 0 Å². The van der Waals surface area contributed by atoms with E-state index in [1.165, 1.54) is 0 Å². The van der Waals surface area contributed by atoms with E-state index in [0.717, 1.165) is 0 Å². The highest BCUT2D eigenvalue weighted by molar-refractivity contribution is 6.29. The highest BCUT2D eigenvalue weighted by Gasteiger charge is 2.25. The molecule has 1 aromatic rings. The van der Waals surface area contributed by atoms with Crippen molar-refractivity contribution < 1.29 is 5.11 Å². The first-order valence-electron chi connectivity index (χ1n) is 3.88. The van der Waals surface area contributed by atoms with Gasteiger partial charge in [0.15, 0.2) is 5.15 Å². The van der Waals surface area contributed by atoms with Gasteiger partial charge in [0.25, 0.3) is 0 Å². The Morgan fingerprint density at radius 1 is 1.46 bits per heavy atom. The third-order valence-electron chi connectivity index (χ3n) is 1.73. The molecule has 0 saturated heterocycles. The molecule has 72 valence electrons. The van der Waals surface area contributed by atoms with Gasteiger partial charge in [0.2, 0.25) is 0 Å².